The molecule has 4 nitrogen and oxygen atoms in total. The third-order valence-electron chi connectivity index (χ3n) is 4.35. The van der Waals surface area contributed by atoms with Gasteiger partial charge in [-0.3, -0.25) is 13.9 Å². The van der Waals surface area contributed by atoms with Crippen molar-refractivity contribution in [3.05, 3.63) is 42.1 Å². The first kappa shape index (κ1) is 13.9. The highest BCUT2D eigenvalue weighted by atomic mass is 127. The molecule has 0 aliphatic heterocycles. The Bertz CT molecular complexity index is 798. The normalized spacial score (nSPS) is 16.1. The van der Waals surface area contributed by atoms with Gasteiger partial charge in [-0.05, 0) is 60.1 Å². The molecule has 1 aromatic carbocycles. The molecule has 0 radical (unpaired) electrons. The smallest absolute Gasteiger partial charge is 0.296 e. The van der Waals surface area contributed by atoms with Gasteiger partial charge in [-0.25, -0.2) is 4.79 Å². The van der Waals surface area contributed by atoms with E-state index in [1.165, 1.54) is 4.57 Å². The summed E-state index contributed by atoms with van der Waals surface area (Å²) in [4.78, 5) is 25.3. The summed E-state index contributed by atoms with van der Waals surface area (Å²) in [6, 6.07) is 3.89. The van der Waals surface area contributed by atoms with Crippen LogP contribution in [0.5, 0.6) is 0 Å². The van der Waals surface area contributed by atoms with Gasteiger partial charge in [0.1, 0.15) is 0 Å². The van der Waals surface area contributed by atoms with Crippen LogP contribution in [0.4, 0.5) is 0 Å². The van der Waals surface area contributed by atoms with Crippen molar-refractivity contribution in [2.45, 2.75) is 38.6 Å². The maximum atomic E-state index is 12.8. The van der Waals surface area contributed by atoms with Gasteiger partial charge in [0.2, 0.25) is 0 Å². The predicted molar refractivity (Wildman–Crippen MR) is 88.4 cm³/mol. The third kappa shape index (κ3) is 1.94. The van der Waals surface area contributed by atoms with Crippen LogP contribution < -0.4 is 11.2 Å². The summed E-state index contributed by atoms with van der Waals surface area (Å²) in [6.45, 7) is 1.95. The topological polar surface area (TPSA) is 44.0 Å². The lowest BCUT2D eigenvalue weighted by atomic mass is 10.1. The fourth-order valence-electron chi connectivity index (χ4n) is 3.18. The van der Waals surface area contributed by atoms with Gasteiger partial charge < -0.3 is 0 Å². The van der Waals surface area contributed by atoms with Gasteiger partial charge in [0.15, 0.2) is 0 Å². The molecule has 0 N–H and O–H groups in total. The van der Waals surface area contributed by atoms with E-state index >= 15 is 0 Å². The summed E-state index contributed by atoms with van der Waals surface area (Å²) in [7, 11) is 1.75. The highest BCUT2D eigenvalue weighted by molar-refractivity contribution is 14.1. The summed E-state index contributed by atoms with van der Waals surface area (Å²) < 4.78 is 4.15. The first-order chi connectivity index (χ1) is 9.52. The maximum absolute atomic E-state index is 12.8. The summed E-state index contributed by atoms with van der Waals surface area (Å²) in [6.07, 6.45) is 4.07. The number of nitrogens with zero attached hydrogens (tertiary/aromatic N) is 2. The lowest BCUT2D eigenvalue weighted by molar-refractivity contribution is 0.470. The van der Waals surface area contributed by atoms with Gasteiger partial charge in [-0.2, -0.15) is 0 Å². The Labute approximate surface area is 130 Å². The minimum Gasteiger partial charge on any atom is -0.296 e. The molecule has 1 aliphatic carbocycles. The highest BCUT2D eigenvalue weighted by Gasteiger charge is 2.23. The average molecular weight is 384 g/mol. The molecular weight excluding hydrogens is 367 g/mol. The monoisotopic (exact) mass is 384 g/mol. The molecule has 3 rings (SSSR count). The van der Waals surface area contributed by atoms with Crippen LogP contribution in [-0.2, 0) is 7.05 Å². The summed E-state index contributed by atoms with van der Waals surface area (Å²) in [5.41, 5.74) is 1.39. The van der Waals surface area contributed by atoms with Crippen LogP contribution in [0.1, 0.15) is 37.3 Å². The zero-order chi connectivity index (χ0) is 14.4. The Morgan fingerprint density at radius 2 is 1.85 bits per heavy atom. The third-order valence-corrected chi connectivity index (χ3v) is 5.52. The van der Waals surface area contributed by atoms with Crippen LogP contribution in [0.3, 0.4) is 0 Å². The molecule has 0 unspecified atom stereocenters. The Morgan fingerprint density at radius 1 is 1.20 bits per heavy atom. The van der Waals surface area contributed by atoms with Gasteiger partial charge in [0.25, 0.3) is 5.56 Å². The van der Waals surface area contributed by atoms with Crippen molar-refractivity contribution in [2.24, 2.45) is 7.05 Å². The number of hydrogen-bond donors (Lipinski definition) is 0. The molecule has 0 saturated heterocycles. The molecule has 106 valence electrons. The zero-order valence-corrected chi connectivity index (χ0v) is 13.8. The second-order valence-electron chi connectivity index (χ2n) is 5.52. The van der Waals surface area contributed by atoms with Crippen molar-refractivity contribution < 1.29 is 0 Å². The van der Waals surface area contributed by atoms with Crippen LogP contribution in [0.25, 0.3) is 10.9 Å². The standard InChI is InChI=1S/C15H17IN2O2/c1-9-11(16)7-8-12-13(9)14(19)18(15(20)17(12)2)10-5-3-4-6-10/h7-8,10H,3-6H2,1-2H3. The summed E-state index contributed by atoms with van der Waals surface area (Å²) >= 11 is 2.23. The van der Waals surface area contributed by atoms with Gasteiger partial charge in [-0.1, -0.05) is 12.8 Å². The van der Waals surface area contributed by atoms with Gasteiger partial charge in [0.05, 0.1) is 10.9 Å². The van der Waals surface area contributed by atoms with Crippen molar-refractivity contribution >= 4 is 33.5 Å². The van der Waals surface area contributed by atoms with E-state index in [2.05, 4.69) is 22.6 Å². The molecule has 1 aliphatic rings. The predicted octanol–water partition coefficient (Wildman–Crippen LogP) is 2.73. The molecule has 1 heterocycles. The number of aryl methyl sites for hydroxylation is 2. The van der Waals surface area contributed by atoms with Crippen molar-refractivity contribution in [1.82, 2.24) is 9.13 Å². The molecule has 0 spiro atoms. The fourth-order valence-corrected chi connectivity index (χ4v) is 3.63. The van der Waals surface area contributed by atoms with Crippen molar-refractivity contribution in [3.8, 4) is 0 Å². The minimum atomic E-state index is -0.185. The SMILES string of the molecule is Cc1c(I)ccc2c1c(=O)n(C1CCCC1)c(=O)n2C. The maximum Gasteiger partial charge on any atom is 0.331 e. The quantitative estimate of drug-likeness (QED) is 0.710. The largest absolute Gasteiger partial charge is 0.331 e. The van der Waals surface area contributed by atoms with Crippen LogP contribution in [0.2, 0.25) is 0 Å². The lowest BCUT2D eigenvalue weighted by Gasteiger charge is -2.17. The molecule has 0 atom stereocenters. The number of benzene rings is 1. The molecule has 0 amide bonds. The van der Waals surface area contributed by atoms with Crippen molar-refractivity contribution in [2.75, 3.05) is 0 Å². The Hall–Kier alpha value is -1.11. The first-order valence-electron chi connectivity index (χ1n) is 6.92. The molecule has 20 heavy (non-hydrogen) atoms. The first-order valence-corrected chi connectivity index (χ1v) is 8.00. The van der Waals surface area contributed by atoms with Gasteiger partial charge in [0, 0.05) is 16.7 Å². The second-order valence-corrected chi connectivity index (χ2v) is 6.68. The van der Waals surface area contributed by atoms with E-state index in [1.54, 1.807) is 11.6 Å². The zero-order valence-electron chi connectivity index (χ0n) is 11.6. The van der Waals surface area contributed by atoms with Gasteiger partial charge >= 0.3 is 5.69 Å². The van der Waals surface area contributed by atoms with Crippen LogP contribution in [0, 0.1) is 10.5 Å². The van der Waals surface area contributed by atoms with Crippen molar-refractivity contribution in [1.29, 1.82) is 0 Å². The summed E-state index contributed by atoms with van der Waals surface area (Å²) in [5, 5.41) is 0.686. The minimum absolute atomic E-state index is 0.0721. The molecule has 5 heteroatoms. The van der Waals surface area contributed by atoms with E-state index in [1.807, 2.05) is 19.1 Å². The Kier molecular flexibility index (Phi) is 3.48. The molecule has 1 saturated carbocycles. The molecule has 1 aromatic heterocycles. The van der Waals surface area contributed by atoms with E-state index in [0.29, 0.717) is 5.39 Å². The van der Waals surface area contributed by atoms with E-state index in [0.717, 1.165) is 40.3 Å². The molecule has 1 fully saturated rings. The summed E-state index contributed by atoms with van der Waals surface area (Å²) in [5.74, 6) is 0. The van der Waals surface area contributed by atoms with E-state index in [9.17, 15) is 9.59 Å². The molecule has 0 bridgehead atoms. The Morgan fingerprint density at radius 3 is 2.50 bits per heavy atom. The number of fused-ring (bicyclic) bond motifs is 1. The van der Waals surface area contributed by atoms with Crippen LogP contribution in [-0.4, -0.2) is 9.13 Å². The number of hydrogen-bond acceptors (Lipinski definition) is 2. The average Bonchev–Trinajstić information content (AvgIpc) is 2.93. The van der Waals surface area contributed by atoms with E-state index < -0.39 is 0 Å². The second kappa shape index (κ2) is 5.02. The molecular formula is C15H17IN2O2. The Balaban J connectivity index is 2.45. The van der Waals surface area contributed by atoms with Crippen LogP contribution in [0.15, 0.2) is 21.7 Å². The fraction of sp³-hybridized carbons (Fsp3) is 0.467. The number of rotatable bonds is 1. The molecule has 2 aromatic rings. The van der Waals surface area contributed by atoms with Crippen LogP contribution >= 0.6 is 22.6 Å². The number of halogens is 1. The van der Waals surface area contributed by atoms with Gasteiger partial charge in [-0.15, -0.1) is 0 Å². The van der Waals surface area contributed by atoms with E-state index in [4.69, 9.17) is 0 Å². The van der Waals surface area contributed by atoms with Crippen molar-refractivity contribution in [3.63, 3.8) is 0 Å². The highest BCUT2D eigenvalue weighted by Crippen LogP contribution is 2.28. The lowest BCUT2D eigenvalue weighted by Crippen LogP contribution is -2.41. The number of aromatic nitrogens is 2. The van der Waals surface area contributed by atoms with E-state index in [-0.39, 0.29) is 17.3 Å².